The lowest BCUT2D eigenvalue weighted by molar-refractivity contribution is 0.692. The van der Waals surface area contributed by atoms with Gasteiger partial charge >= 0.3 is 0 Å². The maximum atomic E-state index is 3.74. The van der Waals surface area contributed by atoms with Gasteiger partial charge in [-0.1, -0.05) is 36.4 Å². The zero-order valence-electron chi connectivity index (χ0n) is 4.87. The predicted molar refractivity (Wildman–Crippen MR) is 37.5 cm³/mol. The van der Waals surface area contributed by atoms with E-state index in [1.54, 1.807) is 0 Å². The van der Waals surface area contributed by atoms with Crippen LogP contribution in [0, 0.1) is 5.92 Å². The summed E-state index contributed by atoms with van der Waals surface area (Å²) >= 11 is 3.31. The van der Waals surface area contributed by atoms with Crippen LogP contribution in [-0.4, -0.2) is 0 Å². The number of hydrogen-bond acceptors (Lipinski definition) is 0. The van der Waals surface area contributed by atoms with Crippen LogP contribution in [0.1, 0.15) is 20.3 Å². The van der Waals surface area contributed by atoms with E-state index in [1.165, 1.54) is 6.42 Å². The van der Waals surface area contributed by atoms with E-state index in [1.807, 2.05) is 0 Å². The van der Waals surface area contributed by atoms with Crippen molar-refractivity contribution in [3.8, 4) is 0 Å². The molecule has 0 spiro atoms. The minimum atomic E-state index is 0.625. The van der Waals surface area contributed by atoms with Crippen LogP contribution in [0.25, 0.3) is 0 Å². The standard InChI is InChI=1S/C6H11Br/c1-4-5(2)6(3)7/h5H,3-4H2,1-2H3. The molecule has 0 aromatic heterocycles. The monoisotopic (exact) mass is 162 g/mol. The van der Waals surface area contributed by atoms with Gasteiger partial charge in [-0.3, -0.25) is 0 Å². The van der Waals surface area contributed by atoms with Gasteiger partial charge < -0.3 is 0 Å². The van der Waals surface area contributed by atoms with E-state index in [2.05, 4.69) is 36.4 Å². The fourth-order valence-electron chi connectivity index (χ4n) is 0.221. The van der Waals surface area contributed by atoms with Crippen molar-refractivity contribution < 1.29 is 0 Å². The summed E-state index contributed by atoms with van der Waals surface area (Å²) < 4.78 is 1.11. The summed E-state index contributed by atoms with van der Waals surface area (Å²) in [6, 6.07) is 0. The molecule has 1 atom stereocenters. The van der Waals surface area contributed by atoms with Crippen molar-refractivity contribution in [1.82, 2.24) is 0 Å². The van der Waals surface area contributed by atoms with Crippen molar-refractivity contribution >= 4 is 15.9 Å². The number of rotatable bonds is 2. The molecule has 0 saturated heterocycles. The zero-order valence-corrected chi connectivity index (χ0v) is 6.46. The van der Waals surface area contributed by atoms with Gasteiger partial charge in [-0.05, 0) is 16.8 Å². The Morgan fingerprint density at radius 3 is 2.29 bits per heavy atom. The van der Waals surface area contributed by atoms with Crippen LogP contribution in [-0.2, 0) is 0 Å². The summed E-state index contributed by atoms with van der Waals surface area (Å²) in [4.78, 5) is 0. The van der Waals surface area contributed by atoms with E-state index in [9.17, 15) is 0 Å². The first-order valence-electron chi connectivity index (χ1n) is 2.52. The van der Waals surface area contributed by atoms with Gasteiger partial charge in [0.15, 0.2) is 0 Å². The molecule has 0 fully saturated rings. The van der Waals surface area contributed by atoms with Crippen molar-refractivity contribution in [2.75, 3.05) is 0 Å². The van der Waals surface area contributed by atoms with E-state index in [0.29, 0.717) is 5.92 Å². The summed E-state index contributed by atoms with van der Waals surface area (Å²) in [5.74, 6) is 0.625. The molecule has 0 radical (unpaired) electrons. The Kier molecular flexibility index (Phi) is 3.35. The van der Waals surface area contributed by atoms with Gasteiger partial charge in [0.1, 0.15) is 0 Å². The molecular formula is C6H11Br. The van der Waals surface area contributed by atoms with Crippen molar-refractivity contribution in [3.05, 3.63) is 11.1 Å². The summed E-state index contributed by atoms with van der Waals surface area (Å²) in [5.41, 5.74) is 0. The van der Waals surface area contributed by atoms with E-state index in [4.69, 9.17) is 0 Å². The highest BCUT2D eigenvalue weighted by molar-refractivity contribution is 9.11. The molecule has 0 aliphatic rings. The Bertz CT molecular complexity index is 66.6. The van der Waals surface area contributed by atoms with Crippen LogP contribution in [0.4, 0.5) is 0 Å². The van der Waals surface area contributed by atoms with Crippen molar-refractivity contribution in [2.45, 2.75) is 20.3 Å². The molecule has 1 unspecified atom stereocenters. The highest BCUT2D eigenvalue weighted by Crippen LogP contribution is 2.16. The first-order chi connectivity index (χ1) is 3.18. The number of hydrogen-bond donors (Lipinski definition) is 0. The summed E-state index contributed by atoms with van der Waals surface area (Å²) in [5, 5.41) is 0. The topological polar surface area (TPSA) is 0 Å². The second-order valence-corrected chi connectivity index (χ2v) is 2.77. The lowest BCUT2D eigenvalue weighted by Gasteiger charge is -2.02. The molecule has 0 aromatic rings. The highest BCUT2D eigenvalue weighted by atomic mass is 79.9. The molecule has 0 nitrogen and oxygen atoms in total. The third-order valence-electron chi connectivity index (χ3n) is 1.15. The van der Waals surface area contributed by atoms with Gasteiger partial charge in [-0.15, -0.1) is 0 Å². The lowest BCUT2D eigenvalue weighted by Crippen LogP contribution is -1.87. The zero-order chi connectivity index (χ0) is 5.86. The van der Waals surface area contributed by atoms with Crippen molar-refractivity contribution in [2.24, 2.45) is 5.92 Å². The van der Waals surface area contributed by atoms with Crippen LogP contribution < -0.4 is 0 Å². The molecule has 42 valence electrons. The van der Waals surface area contributed by atoms with E-state index >= 15 is 0 Å². The van der Waals surface area contributed by atoms with Gasteiger partial charge in [-0.2, -0.15) is 0 Å². The van der Waals surface area contributed by atoms with Crippen LogP contribution in [0.15, 0.2) is 11.1 Å². The smallest absolute Gasteiger partial charge is 0.00930 e. The van der Waals surface area contributed by atoms with Crippen LogP contribution in [0.5, 0.6) is 0 Å². The third kappa shape index (κ3) is 2.86. The largest absolute Gasteiger partial charge is 0.0886 e. The van der Waals surface area contributed by atoms with Gasteiger partial charge in [0.25, 0.3) is 0 Å². The van der Waals surface area contributed by atoms with Gasteiger partial charge in [0.05, 0.1) is 0 Å². The quantitative estimate of drug-likeness (QED) is 0.587. The molecule has 0 aromatic carbocycles. The molecule has 0 saturated carbocycles. The first-order valence-corrected chi connectivity index (χ1v) is 3.32. The Labute approximate surface area is 53.7 Å². The Balaban J connectivity index is 3.34. The Hall–Kier alpha value is 0.220. The normalized spacial score (nSPS) is 13.6. The Morgan fingerprint density at radius 1 is 1.86 bits per heavy atom. The fourth-order valence-corrected chi connectivity index (χ4v) is 0.545. The first kappa shape index (κ1) is 7.22. The van der Waals surface area contributed by atoms with Gasteiger partial charge in [0.2, 0.25) is 0 Å². The average Bonchev–Trinajstić information content (AvgIpc) is 1.65. The maximum Gasteiger partial charge on any atom is -0.00930 e. The highest BCUT2D eigenvalue weighted by Gasteiger charge is 1.96. The predicted octanol–water partition coefficient (Wildman–Crippen LogP) is 2.94. The van der Waals surface area contributed by atoms with Crippen molar-refractivity contribution in [3.63, 3.8) is 0 Å². The van der Waals surface area contributed by atoms with Crippen LogP contribution in [0.3, 0.4) is 0 Å². The summed E-state index contributed by atoms with van der Waals surface area (Å²) in [6.07, 6.45) is 1.17. The van der Waals surface area contributed by atoms with Gasteiger partial charge in [0, 0.05) is 0 Å². The fraction of sp³-hybridized carbons (Fsp3) is 0.667. The Morgan fingerprint density at radius 2 is 2.29 bits per heavy atom. The van der Waals surface area contributed by atoms with E-state index in [-0.39, 0.29) is 0 Å². The molecule has 0 aliphatic heterocycles. The second-order valence-electron chi connectivity index (χ2n) is 1.76. The second kappa shape index (κ2) is 3.25. The number of allylic oxidation sites excluding steroid dienone is 1. The molecule has 0 heterocycles. The van der Waals surface area contributed by atoms with Crippen LogP contribution >= 0.6 is 15.9 Å². The van der Waals surface area contributed by atoms with Crippen molar-refractivity contribution in [1.29, 1.82) is 0 Å². The minimum Gasteiger partial charge on any atom is -0.0886 e. The molecule has 0 amide bonds. The average molecular weight is 163 g/mol. The molecule has 0 rings (SSSR count). The maximum absolute atomic E-state index is 3.74. The summed E-state index contributed by atoms with van der Waals surface area (Å²) in [7, 11) is 0. The van der Waals surface area contributed by atoms with Crippen LogP contribution in [0.2, 0.25) is 0 Å². The summed E-state index contributed by atoms with van der Waals surface area (Å²) in [6.45, 7) is 8.04. The molecule has 0 N–H and O–H groups in total. The molecule has 7 heavy (non-hydrogen) atoms. The molecular weight excluding hydrogens is 152 g/mol. The lowest BCUT2D eigenvalue weighted by atomic mass is 10.1. The third-order valence-corrected chi connectivity index (χ3v) is 1.93. The minimum absolute atomic E-state index is 0.625. The SMILES string of the molecule is C=C(Br)C(C)CC. The molecule has 0 bridgehead atoms. The molecule has 0 aliphatic carbocycles. The van der Waals surface area contributed by atoms with E-state index < -0.39 is 0 Å². The van der Waals surface area contributed by atoms with Gasteiger partial charge in [-0.25, -0.2) is 0 Å². The molecule has 1 heteroatoms. The number of halogens is 1. The van der Waals surface area contributed by atoms with E-state index in [0.717, 1.165) is 4.48 Å².